The van der Waals surface area contributed by atoms with Crippen molar-refractivity contribution in [3.8, 4) is 11.4 Å². The van der Waals surface area contributed by atoms with Crippen LogP contribution in [0.4, 0.5) is 4.39 Å². The van der Waals surface area contributed by atoms with Crippen LogP contribution in [-0.2, 0) is 0 Å². The van der Waals surface area contributed by atoms with Crippen LogP contribution in [0, 0.1) is 5.82 Å². The smallest absolute Gasteiger partial charge is 0.206 e. The van der Waals surface area contributed by atoms with Crippen LogP contribution in [0.5, 0.6) is 0 Å². The van der Waals surface area contributed by atoms with Gasteiger partial charge in [0.1, 0.15) is 10.8 Å². The number of thiophene rings is 1. The Labute approximate surface area is 133 Å². The standard InChI is InChI=1S/C15H9FN4S2/c16-12-6-2-1-5-11(12)14-17-18-15-20(14)19-13(22-15)8-7-10-4-3-9-21-10/h1-9H. The second kappa shape index (κ2) is 5.43. The highest BCUT2D eigenvalue weighted by Gasteiger charge is 2.15. The van der Waals surface area contributed by atoms with Crippen LogP contribution in [0.3, 0.4) is 0 Å². The van der Waals surface area contributed by atoms with E-state index in [4.69, 9.17) is 0 Å². The molecule has 0 aliphatic rings. The number of nitrogens with zero attached hydrogens (tertiary/aromatic N) is 4. The monoisotopic (exact) mass is 328 g/mol. The van der Waals surface area contributed by atoms with Crippen LogP contribution in [0.1, 0.15) is 9.88 Å². The lowest BCUT2D eigenvalue weighted by Crippen LogP contribution is -1.93. The molecule has 7 heteroatoms. The summed E-state index contributed by atoms with van der Waals surface area (Å²) < 4.78 is 15.5. The van der Waals surface area contributed by atoms with E-state index in [2.05, 4.69) is 15.3 Å². The fraction of sp³-hybridized carbons (Fsp3) is 0. The quantitative estimate of drug-likeness (QED) is 0.565. The van der Waals surface area contributed by atoms with E-state index in [9.17, 15) is 4.39 Å². The molecule has 0 atom stereocenters. The average Bonchev–Trinajstić information content (AvgIpc) is 3.23. The van der Waals surface area contributed by atoms with Gasteiger partial charge in [-0.25, -0.2) is 4.39 Å². The Bertz CT molecular complexity index is 953. The van der Waals surface area contributed by atoms with E-state index >= 15 is 0 Å². The lowest BCUT2D eigenvalue weighted by molar-refractivity contribution is 0.629. The number of fused-ring (bicyclic) bond motifs is 1. The molecule has 0 saturated heterocycles. The van der Waals surface area contributed by atoms with Gasteiger partial charge in [-0.15, -0.1) is 21.5 Å². The van der Waals surface area contributed by atoms with Crippen molar-refractivity contribution in [3.63, 3.8) is 0 Å². The Morgan fingerprint density at radius 2 is 1.95 bits per heavy atom. The third-order valence-electron chi connectivity index (χ3n) is 3.05. The molecule has 108 valence electrons. The van der Waals surface area contributed by atoms with Gasteiger partial charge in [-0.3, -0.25) is 0 Å². The van der Waals surface area contributed by atoms with E-state index in [1.807, 2.05) is 29.7 Å². The van der Waals surface area contributed by atoms with Crippen LogP contribution in [0.25, 0.3) is 28.5 Å². The van der Waals surface area contributed by atoms with Crippen molar-refractivity contribution in [2.75, 3.05) is 0 Å². The number of aromatic nitrogens is 4. The van der Waals surface area contributed by atoms with Crippen LogP contribution in [0.2, 0.25) is 0 Å². The van der Waals surface area contributed by atoms with Gasteiger partial charge >= 0.3 is 0 Å². The average molecular weight is 328 g/mol. The highest BCUT2D eigenvalue weighted by Crippen LogP contribution is 2.24. The van der Waals surface area contributed by atoms with Crippen LogP contribution in [-0.4, -0.2) is 19.8 Å². The number of hydrogen-bond donors (Lipinski definition) is 0. The lowest BCUT2D eigenvalue weighted by Gasteiger charge is -1.97. The molecule has 0 N–H and O–H groups in total. The fourth-order valence-electron chi connectivity index (χ4n) is 2.05. The molecule has 0 aliphatic carbocycles. The molecule has 0 amide bonds. The largest absolute Gasteiger partial charge is 0.235 e. The zero-order chi connectivity index (χ0) is 14.9. The van der Waals surface area contributed by atoms with Crippen LogP contribution in [0.15, 0.2) is 41.8 Å². The van der Waals surface area contributed by atoms with Gasteiger partial charge in [0.2, 0.25) is 4.96 Å². The van der Waals surface area contributed by atoms with Gasteiger partial charge in [-0.1, -0.05) is 29.5 Å². The molecule has 4 nitrogen and oxygen atoms in total. The van der Waals surface area contributed by atoms with Crippen molar-refractivity contribution in [2.45, 2.75) is 0 Å². The molecular weight excluding hydrogens is 319 g/mol. The highest BCUT2D eigenvalue weighted by molar-refractivity contribution is 7.17. The van der Waals surface area contributed by atoms with Gasteiger partial charge in [-0.2, -0.15) is 9.61 Å². The lowest BCUT2D eigenvalue weighted by atomic mass is 10.2. The Morgan fingerprint density at radius 1 is 1.05 bits per heavy atom. The molecule has 1 aromatic carbocycles. The van der Waals surface area contributed by atoms with Crippen molar-refractivity contribution < 1.29 is 4.39 Å². The Hall–Kier alpha value is -2.38. The van der Waals surface area contributed by atoms with Gasteiger partial charge in [0.05, 0.1) is 5.56 Å². The minimum absolute atomic E-state index is 0.333. The van der Waals surface area contributed by atoms with Crippen molar-refractivity contribution in [3.05, 3.63) is 57.5 Å². The predicted octanol–water partition coefficient (Wildman–Crippen LogP) is 4.22. The molecule has 22 heavy (non-hydrogen) atoms. The summed E-state index contributed by atoms with van der Waals surface area (Å²) in [6.45, 7) is 0. The summed E-state index contributed by atoms with van der Waals surface area (Å²) in [5.41, 5.74) is 0.397. The molecule has 4 rings (SSSR count). The fourth-order valence-corrected chi connectivity index (χ4v) is 3.41. The molecule has 4 aromatic rings. The maximum atomic E-state index is 13.9. The Morgan fingerprint density at radius 3 is 2.77 bits per heavy atom. The second-order valence-electron chi connectivity index (χ2n) is 4.49. The number of hydrogen-bond acceptors (Lipinski definition) is 5. The third kappa shape index (κ3) is 2.34. The van der Waals surface area contributed by atoms with E-state index < -0.39 is 0 Å². The Balaban J connectivity index is 1.75. The minimum Gasteiger partial charge on any atom is -0.206 e. The molecular formula is C15H9FN4S2. The third-order valence-corrected chi connectivity index (χ3v) is 4.76. The number of rotatable bonds is 3. The molecule has 0 fully saturated rings. The zero-order valence-electron chi connectivity index (χ0n) is 11.2. The molecule has 0 spiro atoms. The molecule has 3 heterocycles. The summed E-state index contributed by atoms with van der Waals surface area (Å²) in [6, 6.07) is 10.5. The summed E-state index contributed by atoms with van der Waals surface area (Å²) in [5, 5.41) is 15.4. The van der Waals surface area contributed by atoms with Gasteiger partial charge in [0, 0.05) is 4.88 Å². The molecule has 3 aromatic heterocycles. The highest BCUT2D eigenvalue weighted by atomic mass is 32.1. The predicted molar refractivity (Wildman–Crippen MR) is 87.3 cm³/mol. The van der Waals surface area contributed by atoms with Gasteiger partial charge < -0.3 is 0 Å². The molecule has 0 aliphatic heterocycles. The maximum Gasteiger partial charge on any atom is 0.235 e. The number of halogens is 1. The van der Waals surface area contributed by atoms with Crippen molar-refractivity contribution in [1.29, 1.82) is 0 Å². The first-order valence-electron chi connectivity index (χ1n) is 6.50. The first-order valence-corrected chi connectivity index (χ1v) is 8.19. The van der Waals surface area contributed by atoms with E-state index in [0.717, 1.165) is 9.88 Å². The van der Waals surface area contributed by atoms with E-state index in [1.54, 1.807) is 34.1 Å². The normalized spacial score (nSPS) is 11.7. The maximum absolute atomic E-state index is 13.9. The summed E-state index contributed by atoms with van der Waals surface area (Å²) in [5.74, 6) is 0.0839. The Kier molecular flexibility index (Phi) is 3.28. The van der Waals surface area contributed by atoms with Gasteiger partial charge in [-0.05, 0) is 35.7 Å². The summed E-state index contributed by atoms with van der Waals surface area (Å²) >= 11 is 3.07. The molecule has 0 unspecified atom stereocenters. The van der Waals surface area contributed by atoms with Crippen molar-refractivity contribution >= 4 is 39.8 Å². The minimum atomic E-state index is -0.333. The second-order valence-corrected chi connectivity index (χ2v) is 6.45. The van der Waals surface area contributed by atoms with Gasteiger partial charge in [0.25, 0.3) is 0 Å². The molecule has 0 saturated carbocycles. The molecule has 0 radical (unpaired) electrons. The summed E-state index contributed by atoms with van der Waals surface area (Å²) in [7, 11) is 0. The molecule has 0 bridgehead atoms. The first kappa shape index (κ1) is 13.3. The van der Waals surface area contributed by atoms with E-state index in [1.165, 1.54) is 17.4 Å². The summed E-state index contributed by atoms with van der Waals surface area (Å²) in [6.07, 6.45) is 3.93. The van der Waals surface area contributed by atoms with E-state index in [0.29, 0.717) is 16.3 Å². The zero-order valence-corrected chi connectivity index (χ0v) is 12.8. The van der Waals surface area contributed by atoms with Crippen LogP contribution >= 0.6 is 22.7 Å². The number of benzene rings is 1. The first-order chi connectivity index (χ1) is 10.8. The van der Waals surface area contributed by atoms with Crippen LogP contribution < -0.4 is 0 Å². The topological polar surface area (TPSA) is 43.1 Å². The summed E-state index contributed by atoms with van der Waals surface area (Å²) in [4.78, 5) is 1.80. The van der Waals surface area contributed by atoms with Crippen molar-refractivity contribution in [1.82, 2.24) is 19.8 Å². The van der Waals surface area contributed by atoms with Crippen molar-refractivity contribution in [2.24, 2.45) is 0 Å². The SMILES string of the molecule is Fc1ccccc1-c1nnc2sc(C=Cc3cccs3)nn12. The van der Waals surface area contributed by atoms with E-state index in [-0.39, 0.29) is 5.82 Å². The van der Waals surface area contributed by atoms with Gasteiger partial charge in [0.15, 0.2) is 5.82 Å².